The van der Waals surface area contributed by atoms with Crippen LogP contribution in [-0.2, 0) is 11.2 Å². The molecule has 0 aliphatic carbocycles. The molecule has 0 saturated carbocycles. The number of methoxy groups -OCH3 is 1. The van der Waals surface area contributed by atoms with Gasteiger partial charge in [0.25, 0.3) is 0 Å². The van der Waals surface area contributed by atoms with Crippen LogP contribution in [-0.4, -0.2) is 30.8 Å². The molecule has 16 heavy (non-hydrogen) atoms. The van der Waals surface area contributed by atoms with Crippen LogP contribution in [0.15, 0.2) is 24.4 Å². The molecular weight excluding hydrogens is 200 g/mol. The summed E-state index contributed by atoms with van der Waals surface area (Å²) in [6.45, 7) is 4.21. The normalized spacial score (nSPS) is 13.8. The quantitative estimate of drug-likeness (QED) is 0.799. The fourth-order valence-corrected chi connectivity index (χ4v) is 1.72. The third kappa shape index (κ3) is 4.29. The second kappa shape index (κ2) is 5.97. The van der Waals surface area contributed by atoms with Crippen molar-refractivity contribution < 1.29 is 4.74 Å². The lowest BCUT2D eigenvalue weighted by Gasteiger charge is -2.28. The first kappa shape index (κ1) is 13.1. The van der Waals surface area contributed by atoms with Gasteiger partial charge in [0.2, 0.25) is 0 Å². The number of nitrogens with zero attached hydrogens (tertiary/aromatic N) is 1. The summed E-state index contributed by atoms with van der Waals surface area (Å²) in [7, 11) is 3.74. The van der Waals surface area contributed by atoms with E-state index in [9.17, 15) is 0 Å². The minimum Gasteiger partial charge on any atom is -0.379 e. The molecular formula is C13H22N2O. The van der Waals surface area contributed by atoms with Crippen molar-refractivity contribution in [1.82, 2.24) is 10.3 Å². The van der Waals surface area contributed by atoms with Crippen LogP contribution >= 0.6 is 0 Å². The van der Waals surface area contributed by atoms with Gasteiger partial charge in [0.15, 0.2) is 0 Å². The first-order valence-corrected chi connectivity index (χ1v) is 5.70. The number of hydrogen-bond donors (Lipinski definition) is 1. The van der Waals surface area contributed by atoms with E-state index in [0.29, 0.717) is 6.04 Å². The Bertz CT molecular complexity index is 298. The number of nitrogens with one attached hydrogen (secondary N) is 1. The monoisotopic (exact) mass is 222 g/mol. The van der Waals surface area contributed by atoms with Gasteiger partial charge in [-0.3, -0.25) is 4.98 Å². The maximum Gasteiger partial charge on any atom is 0.0637 e. The van der Waals surface area contributed by atoms with Gasteiger partial charge in [-0.1, -0.05) is 6.07 Å². The molecule has 0 radical (unpaired) electrons. The van der Waals surface area contributed by atoms with E-state index in [1.807, 2.05) is 25.4 Å². The van der Waals surface area contributed by atoms with E-state index in [1.54, 1.807) is 7.11 Å². The average molecular weight is 222 g/mol. The molecule has 0 aliphatic rings. The number of aromatic nitrogens is 1. The number of pyridine rings is 1. The van der Waals surface area contributed by atoms with Crippen LogP contribution in [0.1, 0.15) is 26.0 Å². The third-order valence-corrected chi connectivity index (χ3v) is 2.88. The number of rotatable bonds is 6. The lowest BCUT2D eigenvalue weighted by atomic mass is 9.95. The zero-order chi connectivity index (χ0) is 12.0. The Morgan fingerprint density at radius 3 is 2.69 bits per heavy atom. The molecule has 1 N–H and O–H groups in total. The smallest absolute Gasteiger partial charge is 0.0637 e. The fraction of sp³-hybridized carbons (Fsp3) is 0.615. The van der Waals surface area contributed by atoms with E-state index in [0.717, 1.165) is 18.5 Å². The van der Waals surface area contributed by atoms with E-state index >= 15 is 0 Å². The Morgan fingerprint density at radius 1 is 1.44 bits per heavy atom. The second-order valence-corrected chi connectivity index (χ2v) is 4.68. The van der Waals surface area contributed by atoms with Gasteiger partial charge < -0.3 is 10.1 Å². The first-order chi connectivity index (χ1) is 7.57. The molecule has 1 aromatic rings. The molecule has 1 rings (SSSR count). The SMILES string of the molecule is CNC(Cc1ccccn1)CC(C)(C)OC. The van der Waals surface area contributed by atoms with Crippen molar-refractivity contribution in [3.63, 3.8) is 0 Å². The maximum atomic E-state index is 5.45. The number of likely N-dealkylation sites (N-methyl/N-ethyl adjacent to an activating group) is 1. The lowest BCUT2D eigenvalue weighted by molar-refractivity contribution is 0.00766. The van der Waals surface area contributed by atoms with Gasteiger partial charge in [-0.15, -0.1) is 0 Å². The van der Waals surface area contributed by atoms with E-state index in [-0.39, 0.29) is 5.60 Å². The van der Waals surface area contributed by atoms with Crippen molar-refractivity contribution in [2.45, 2.75) is 38.3 Å². The van der Waals surface area contributed by atoms with Crippen molar-refractivity contribution >= 4 is 0 Å². The standard InChI is InChI=1S/C13H22N2O/c1-13(2,16-4)10-12(14-3)9-11-7-5-6-8-15-11/h5-8,12,14H,9-10H2,1-4H3. The van der Waals surface area contributed by atoms with Gasteiger partial charge >= 0.3 is 0 Å². The van der Waals surface area contributed by atoms with Crippen LogP contribution in [0.25, 0.3) is 0 Å². The molecule has 1 atom stereocenters. The molecule has 90 valence electrons. The summed E-state index contributed by atoms with van der Waals surface area (Å²) in [6, 6.07) is 6.42. The van der Waals surface area contributed by atoms with Gasteiger partial charge in [-0.2, -0.15) is 0 Å². The van der Waals surface area contributed by atoms with E-state index < -0.39 is 0 Å². The molecule has 0 bridgehead atoms. The van der Waals surface area contributed by atoms with Crippen molar-refractivity contribution in [2.75, 3.05) is 14.2 Å². The summed E-state index contributed by atoms with van der Waals surface area (Å²) >= 11 is 0. The molecule has 0 spiro atoms. The summed E-state index contributed by atoms with van der Waals surface area (Å²) < 4.78 is 5.45. The number of hydrogen-bond acceptors (Lipinski definition) is 3. The highest BCUT2D eigenvalue weighted by Gasteiger charge is 2.22. The zero-order valence-corrected chi connectivity index (χ0v) is 10.7. The van der Waals surface area contributed by atoms with E-state index in [1.165, 1.54) is 0 Å². The van der Waals surface area contributed by atoms with Crippen molar-refractivity contribution in [2.24, 2.45) is 0 Å². The molecule has 0 aromatic carbocycles. The first-order valence-electron chi connectivity index (χ1n) is 5.70. The Balaban J connectivity index is 2.56. The van der Waals surface area contributed by atoms with Crippen LogP contribution in [0, 0.1) is 0 Å². The molecule has 3 heteroatoms. The van der Waals surface area contributed by atoms with Gasteiger partial charge in [-0.05, 0) is 39.4 Å². The topological polar surface area (TPSA) is 34.2 Å². The predicted molar refractivity (Wildman–Crippen MR) is 66.5 cm³/mol. The van der Waals surface area contributed by atoms with Gasteiger partial charge in [0.05, 0.1) is 5.60 Å². The summed E-state index contributed by atoms with van der Waals surface area (Å²) in [5, 5.41) is 3.32. The average Bonchev–Trinajstić information content (AvgIpc) is 2.29. The van der Waals surface area contributed by atoms with Gasteiger partial charge in [0, 0.05) is 31.5 Å². The highest BCUT2D eigenvalue weighted by molar-refractivity contribution is 5.05. The maximum absolute atomic E-state index is 5.45. The summed E-state index contributed by atoms with van der Waals surface area (Å²) in [4.78, 5) is 4.34. The molecule has 1 unspecified atom stereocenters. The Labute approximate surface area is 98.2 Å². The van der Waals surface area contributed by atoms with Crippen molar-refractivity contribution in [3.05, 3.63) is 30.1 Å². The minimum absolute atomic E-state index is 0.0948. The Kier molecular flexibility index (Phi) is 4.90. The highest BCUT2D eigenvalue weighted by atomic mass is 16.5. The minimum atomic E-state index is -0.0948. The van der Waals surface area contributed by atoms with Crippen LogP contribution < -0.4 is 5.32 Å². The van der Waals surface area contributed by atoms with Crippen LogP contribution in [0.2, 0.25) is 0 Å². The lowest BCUT2D eigenvalue weighted by Crippen LogP contribution is -2.37. The largest absolute Gasteiger partial charge is 0.379 e. The zero-order valence-electron chi connectivity index (χ0n) is 10.7. The van der Waals surface area contributed by atoms with E-state index in [2.05, 4.69) is 30.2 Å². The summed E-state index contributed by atoms with van der Waals surface area (Å²) in [5.74, 6) is 0. The van der Waals surface area contributed by atoms with Gasteiger partial charge in [-0.25, -0.2) is 0 Å². The van der Waals surface area contributed by atoms with E-state index in [4.69, 9.17) is 4.74 Å². The van der Waals surface area contributed by atoms with Crippen LogP contribution in [0.3, 0.4) is 0 Å². The van der Waals surface area contributed by atoms with Crippen molar-refractivity contribution in [3.8, 4) is 0 Å². The fourth-order valence-electron chi connectivity index (χ4n) is 1.72. The number of ether oxygens (including phenoxy) is 1. The molecule has 0 fully saturated rings. The van der Waals surface area contributed by atoms with Crippen LogP contribution in [0.5, 0.6) is 0 Å². The highest BCUT2D eigenvalue weighted by Crippen LogP contribution is 2.17. The molecule has 3 nitrogen and oxygen atoms in total. The molecule has 0 saturated heterocycles. The van der Waals surface area contributed by atoms with Crippen LogP contribution in [0.4, 0.5) is 0 Å². The summed E-state index contributed by atoms with van der Waals surface area (Å²) in [6.07, 6.45) is 3.74. The Hall–Kier alpha value is -0.930. The summed E-state index contributed by atoms with van der Waals surface area (Å²) in [5.41, 5.74) is 1.02. The second-order valence-electron chi connectivity index (χ2n) is 4.68. The molecule has 1 heterocycles. The Morgan fingerprint density at radius 2 is 2.19 bits per heavy atom. The third-order valence-electron chi connectivity index (χ3n) is 2.88. The van der Waals surface area contributed by atoms with Gasteiger partial charge in [0.1, 0.15) is 0 Å². The molecule has 0 amide bonds. The molecule has 0 aliphatic heterocycles. The van der Waals surface area contributed by atoms with Crippen molar-refractivity contribution in [1.29, 1.82) is 0 Å². The molecule has 1 aromatic heterocycles. The predicted octanol–water partition coefficient (Wildman–Crippen LogP) is 2.03.